The summed E-state index contributed by atoms with van der Waals surface area (Å²) >= 11 is 0. The second kappa shape index (κ2) is 3.38. The Hall–Kier alpha value is -0.810. The zero-order chi connectivity index (χ0) is 7.40. The molecule has 0 aromatic rings. The van der Waals surface area contributed by atoms with Gasteiger partial charge in [0, 0.05) is 6.08 Å². The van der Waals surface area contributed by atoms with Gasteiger partial charge in [0.15, 0.2) is 0 Å². The Morgan fingerprint density at radius 1 is 1.50 bits per heavy atom. The monoisotopic (exact) mass is 137 g/mol. The average Bonchev–Trinajstić information content (AvgIpc) is 2.31. The second-order valence-corrected chi connectivity index (χ2v) is 2.72. The van der Waals surface area contributed by atoms with Crippen LogP contribution in [0, 0.1) is 17.2 Å². The van der Waals surface area contributed by atoms with Gasteiger partial charge >= 0.3 is 0 Å². The third kappa shape index (κ3) is 1.85. The van der Waals surface area contributed by atoms with Crippen LogP contribution in [-0.2, 0) is 0 Å². The van der Waals surface area contributed by atoms with Crippen molar-refractivity contribution >= 4 is 0 Å². The largest absolute Gasteiger partial charge is 0.393 e. The van der Waals surface area contributed by atoms with Gasteiger partial charge in [0.25, 0.3) is 0 Å². The van der Waals surface area contributed by atoms with Gasteiger partial charge in [-0.25, -0.2) is 0 Å². The zero-order valence-corrected chi connectivity index (χ0v) is 5.83. The molecule has 0 heterocycles. The molecule has 0 saturated heterocycles. The van der Waals surface area contributed by atoms with Crippen molar-refractivity contribution < 1.29 is 5.11 Å². The van der Waals surface area contributed by atoms with E-state index in [1.807, 2.05) is 12.1 Å². The number of aliphatic hydroxyl groups excluding tert-OH is 1. The van der Waals surface area contributed by atoms with Gasteiger partial charge in [-0.05, 0) is 25.2 Å². The zero-order valence-electron chi connectivity index (χ0n) is 5.83. The Morgan fingerprint density at radius 3 is 2.80 bits per heavy atom. The van der Waals surface area contributed by atoms with E-state index in [1.165, 1.54) is 6.08 Å². The molecule has 2 atom stereocenters. The highest BCUT2D eigenvalue weighted by Gasteiger charge is 2.19. The summed E-state index contributed by atoms with van der Waals surface area (Å²) in [6, 6.07) is 1.95. The molecule has 0 spiro atoms. The van der Waals surface area contributed by atoms with E-state index in [0.29, 0.717) is 5.92 Å². The number of allylic oxidation sites excluding steroid dienone is 2. The maximum atomic E-state index is 9.08. The lowest BCUT2D eigenvalue weighted by molar-refractivity contribution is 0.180. The van der Waals surface area contributed by atoms with Crippen molar-refractivity contribution in [2.24, 2.45) is 5.92 Å². The van der Waals surface area contributed by atoms with Crippen LogP contribution in [0.2, 0.25) is 0 Å². The van der Waals surface area contributed by atoms with Gasteiger partial charge in [-0.15, -0.1) is 0 Å². The Kier molecular flexibility index (Phi) is 2.47. The van der Waals surface area contributed by atoms with Gasteiger partial charge in [-0.2, -0.15) is 5.26 Å². The number of rotatable bonds is 1. The summed E-state index contributed by atoms with van der Waals surface area (Å²) < 4.78 is 0. The molecule has 2 unspecified atom stereocenters. The van der Waals surface area contributed by atoms with Crippen LogP contribution in [0.3, 0.4) is 0 Å². The number of aliphatic hydroxyl groups is 1. The van der Waals surface area contributed by atoms with Gasteiger partial charge in [0.05, 0.1) is 12.2 Å². The smallest absolute Gasteiger partial charge is 0.0908 e. The first kappa shape index (κ1) is 7.30. The quantitative estimate of drug-likeness (QED) is 0.552. The molecule has 0 aliphatic heterocycles. The average molecular weight is 137 g/mol. The lowest BCUT2D eigenvalue weighted by Gasteiger charge is -1.98. The van der Waals surface area contributed by atoms with E-state index in [-0.39, 0.29) is 6.10 Å². The fourth-order valence-electron chi connectivity index (χ4n) is 1.35. The van der Waals surface area contributed by atoms with Gasteiger partial charge in [0.2, 0.25) is 0 Å². The molecule has 2 heteroatoms. The summed E-state index contributed by atoms with van der Waals surface area (Å²) in [7, 11) is 0. The van der Waals surface area contributed by atoms with Gasteiger partial charge < -0.3 is 5.11 Å². The lowest BCUT2D eigenvalue weighted by atomic mass is 10.1. The van der Waals surface area contributed by atoms with E-state index in [1.54, 1.807) is 0 Å². The van der Waals surface area contributed by atoms with E-state index in [0.717, 1.165) is 19.3 Å². The molecule has 1 aliphatic carbocycles. The Balaban J connectivity index is 2.33. The molecule has 54 valence electrons. The molecule has 0 amide bonds. The summed E-state index contributed by atoms with van der Waals surface area (Å²) in [5.41, 5.74) is 0. The fraction of sp³-hybridized carbons (Fsp3) is 0.625. The van der Waals surface area contributed by atoms with Crippen molar-refractivity contribution in [2.45, 2.75) is 25.4 Å². The van der Waals surface area contributed by atoms with Crippen molar-refractivity contribution in [3.05, 3.63) is 12.2 Å². The molecule has 1 saturated carbocycles. The molecule has 2 nitrogen and oxygen atoms in total. The van der Waals surface area contributed by atoms with E-state index >= 15 is 0 Å². The summed E-state index contributed by atoms with van der Waals surface area (Å²) in [6.45, 7) is 0. The van der Waals surface area contributed by atoms with Gasteiger partial charge in [-0.3, -0.25) is 0 Å². The molecule has 1 rings (SSSR count). The predicted octanol–water partition coefficient (Wildman–Crippen LogP) is 1.23. The highest BCUT2D eigenvalue weighted by atomic mass is 16.3. The van der Waals surface area contributed by atoms with Gasteiger partial charge in [0.1, 0.15) is 0 Å². The molecule has 0 radical (unpaired) electrons. The lowest BCUT2D eigenvalue weighted by Crippen LogP contribution is -1.97. The van der Waals surface area contributed by atoms with Crippen LogP contribution < -0.4 is 0 Å². The minimum atomic E-state index is -0.131. The highest BCUT2D eigenvalue weighted by Crippen LogP contribution is 2.25. The van der Waals surface area contributed by atoms with Gasteiger partial charge in [-0.1, -0.05) is 6.08 Å². The van der Waals surface area contributed by atoms with Crippen molar-refractivity contribution in [3.63, 3.8) is 0 Å². The molecule has 1 fully saturated rings. The number of nitrogens with zero attached hydrogens (tertiary/aromatic N) is 1. The molecule has 0 aromatic heterocycles. The van der Waals surface area contributed by atoms with E-state index in [9.17, 15) is 0 Å². The van der Waals surface area contributed by atoms with Crippen molar-refractivity contribution in [1.82, 2.24) is 0 Å². The Labute approximate surface area is 60.8 Å². The first-order chi connectivity index (χ1) is 4.83. The molecule has 0 bridgehead atoms. The van der Waals surface area contributed by atoms with Crippen LogP contribution in [0.15, 0.2) is 12.2 Å². The van der Waals surface area contributed by atoms with Crippen LogP contribution in [0.5, 0.6) is 0 Å². The summed E-state index contributed by atoms with van der Waals surface area (Å²) in [6.07, 6.45) is 6.00. The molecule has 1 N–H and O–H groups in total. The summed E-state index contributed by atoms with van der Waals surface area (Å²) in [5, 5.41) is 17.3. The molecule has 1 aliphatic rings. The molecule has 10 heavy (non-hydrogen) atoms. The summed E-state index contributed by atoms with van der Waals surface area (Å²) in [4.78, 5) is 0. The Bertz CT molecular complexity index is 169. The number of nitriles is 1. The minimum absolute atomic E-state index is 0.131. The summed E-state index contributed by atoms with van der Waals surface area (Å²) in [5.74, 6) is 0.439. The van der Waals surface area contributed by atoms with Crippen LogP contribution in [0.25, 0.3) is 0 Å². The first-order valence-corrected chi connectivity index (χ1v) is 3.57. The predicted molar refractivity (Wildman–Crippen MR) is 38.1 cm³/mol. The number of hydrogen-bond donors (Lipinski definition) is 1. The molecule has 0 aromatic carbocycles. The van der Waals surface area contributed by atoms with Crippen molar-refractivity contribution in [3.8, 4) is 6.07 Å². The Morgan fingerprint density at radius 2 is 2.30 bits per heavy atom. The van der Waals surface area contributed by atoms with E-state index < -0.39 is 0 Å². The van der Waals surface area contributed by atoms with E-state index in [2.05, 4.69) is 0 Å². The highest BCUT2D eigenvalue weighted by molar-refractivity contribution is 5.05. The second-order valence-electron chi connectivity index (χ2n) is 2.72. The normalized spacial score (nSPS) is 32.8. The van der Waals surface area contributed by atoms with Crippen LogP contribution in [-0.4, -0.2) is 11.2 Å². The van der Waals surface area contributed by atoms with Crippen LogP contribution in [0.1, 0.15) is 19.3 Å². The third-order valence-electron chi connectivity index (χ3n) is 1.89. The number of hydrogen-bond acceptors (Lipinski definition) is 2. The topological polar surface area (TPSA) is 44.0 Å². The van der Waals surface area contributed by atoms with Crippen molar-refractivity contribution in [2.75, 3.05) is 0 Å². The fourth-order valence-corrected chi connectivity index (χ4v) is 1.35. The standard InChI is InChI=1S/C8H11NO/c9-5-1-2-7-3-4-8(10)6-7/h1-2,7-8,10H,3-4,6H2/b2-1+. The first-order valence-electron chi connectivity index (χ1n) is 3.57. The molecular weight excluding hydrogens is 126 g/mol. The minimum Gasteiger partial charge on any atom is -0.393 e. The third-order valence-corrected chi connectivity index (χ3v) is 1.89. The molecular formula is C8H11NO. The maximum absolute atomic E-state index is 9.08. The van der Waals surface area contributed by atoms with E-state index in [4.69, 9.17) is 10.4 Å². The maximum Gasteiger partial charge on any atom is 0.0908 e. The van der Waals surface area contributed by atoms with Crippen LogP contribution in [0.4, 0.5) is 0 Å². The van der Waals surface area contributed by atoms with Crippen molar-refractivity contribution in [1.29, 1.82) is 5.26 Å². The van der Waals surface area contributed by atoms with Crippen LogP contribution >= 0.6 is 0 Å². The SMILES string of the molecule is N#C/C=C/C1CCC(O)C1.